The molecule has 2 rings (SSSR count). The van der Waals surface area contributed by atoms with Crippen molar-refractivity contribution >= 4 is 5.91 Å². The monoisotopic (exact) mass is 318 g/mol. The zero-order valence-corrected chi connectivity index (χ0v) is 14.4. The molecule has 23 heavy (non-hydrogen) atoms. The van der Waals surface area contributed by atoms with Gasteiger partial charge in [-0.05, 0) is 30.2 Å². The molecule has 0 aliphatic carbocycles. The zero-order chi connectivity index (χ0) is 16.7. The summed E-state index contributed by atoms with van der Waals surface area (Å²) in [7, 11) is 0. The fraction of sp³-hybridized carbons (Fsp3) is 0.632. The SMILES string of the molecule is CC(C)CC(=O)N1CC(CCO)CC(NCc2ccccc2)C1. The van der Waals surface area contributed by atoms with Gasteiger partial charge in [-0.3, -0.25) is 4.79 Å². The number of piperidine rings is 1. The maximum absolute atomic E-state index is 12.4. The molecule has 2 atom stereocenters. The molecule has 0 radical (unpaired) electrons. The Labute approximate surface area is 139 Å². The molecular formula is C19H30N2O2. The number of carbonyl (C=O) groups excluding carboxylic acids is 1. The Kier molecular flexibility index (Phi) is 7.06. The molecular weight excluding hydrogens is 288 g/mol. The third kappa shape index (κ3) is 5.96. The van der Waals surface area contributed by atoms with E-state index in [9.17, 15) is 9.90 Å². The number of nitrogens with zero attached hydrogens (tertiary/aromatic N) is 1. The topological polar surface area (TPSA) is 52.6 Å². The molecule has 4 nitrogen and oxygen atoms in total. The maximum atomic E-state index is 12.4. The van der Waals surface area contributed by atoms with Crippen molar-refractivity contribution < 1.29 is 9.90 Å². The van der Waals surface area contributed by atoms with E-state index in [1.54, 1.807) is 0 Å². The average Bonchev–Trinajstić information content (AvgIpc) is 2.53. The van der Waals surface area contributed by atoms with Crippen LogP contribution >= 0.6 is 0 Å². The smallest absolute Gasteiger partial charge is 0.222 e. The summed E-state index contributed by atoms with van der Waals surface area (Å²) in [4.78, 5) is 14.4. The van der Waals surface area contributed by atoms with Crippen LogP contribution in [0.5, 0.6) is 0 Å². The van der Waals surface area contributed by atoms with Gasteiger partial charge in [0, 0.05) is 38.7 Å². The van der Waals surface area contributed by atoms with Crippen LogP contribution in [0.3, 0.4) is 0 Å². The lowest BCUT2D eigenvalue weighted by Crippen LogP contribution is -2.51. The Bertz CT molecular complexity index is 476. The molecule has 1 saturated heterocycles. The molecule has 1 aromatic rings. The first kappa shape index (κ1) is 18.0. The number of nitrogens with one attached hydrogen (secondary N) is 1. The Morgan fingerprint density at radius 1 is 1.30 bits per heavy atom. The summed E-state index contributed by atoms with van der Waals surface area (Å²) in [5.41, 5.74) is 1.26. The van der Waals surface area contributed by atoms with Crippen LogP contribution in [-0.2, 0) is 11.3 Å². The number of carbonyl (C=O) groups is 1. The predicted octanol–water partition coefficient (Wildman–Crippen LogP) is 2.42. The molecule has 0 aromatic heterocycles. The minimum atomic E-state index is 0.197. The molecule has 2 N–H and O–H groups in total. The lowest BCUT2D eigenvalue weighted by atomic mass is 9.91. The highest BCUT2D eigenvalue weighted by Gasteiger charge is 2.29. The van der Waals surface area contributed by atoms with Crippen LogP contribution in [0.15, 0.2) is 30.3 Å². The Morgan fingerprint density at radius 2 is 2.04 bits per heavy atom. The predicted molar refractivity (Wildman–Crippen MR) is 92.9 cm³/mol. The van der Waals surface area contributed by atoms with Crippen molar-refractivity contribution in [3.05, 3.63) is 35.9 Å². The van der Waals surface area contributed by atoms with Crippen LogP contribution in [0.4, 0.5) is 0 Å². The van der Waals surface area contributed by atoms with Gasteiger partial charge in [-0.15, -0.1) is 0 Å². The summed E-state index contributed by atoms with van der Waals surface area (Å²) in [5.74, 6) is 1.02. The van der Waals surface area contributed by atoms with Crippen LogP contribution in [0.1, 0.15) is 38.7 Å². The number of hydrogen-bond acceptors (Lipinski definition) is 3. The second-order valence-electron chi connectivity index (χ2n) is 7.07. The second kappa shape index (κ2) is 9.04. The molecule has 1 amide bonds. The molecule has 1 fully saturated rings. The number of rotatable bonds is 7. The molecule has 0 spiro atoms. The number of hydrogen-bond donors (Lipinski definition) is 2. The molecule has 0 bridgehead atoms. The number of aliphatic hydroxyl groups excluding tert-OH is 1. The van der Waals surface area contributed by atoms with E-state index >= 15 is 0 Å². The first-order valence-corrected chi connectivity index (χ1v) is 8.74. The van der Waals surface area contributed by atoms with E-state index in [-0.39, 0.29) is 12.5 Å². The van der Waals surface area contributed by atoms with Crippen LogP contribution in [-0.4, -0.2) is 41.7 Å². The van der Waals surface area contributed by atoms with Gasteiger partial charge in [0.2, 0.25) is 5.91 Å². The normalized spacial score (nSPS) is 21.7. The van der Waals surface area contributed by atoms with E-state index in [1.165, 1.54) is 5.56 Å². The molecule has 1 aliphatic rings. The minimum absolute atomic E-state index is 0.197. The number of aliphatic hydroxyl groups is 1. The Hall–Kier alpha value is -1.39. The van der Waals surface area contributed by atoms with E-state index in [0.717, 1.165) is 32.5 Å². The van der Waals surface area contributed by atoms with Gasteiger partial charge in [0.1, 0.15) is 0 Å². The molecule has 2 unspecified atom stereocenters. The highest BCUT2D eigenvalue weighted by molar-refractivity contribution is 5.76. The van der Waals surface area contributed by atoms with Gasteiger partial charge in [0.25, 0.3) is 0 Å². The highest BCUT2D eigenvalue weighted by atomic mass is 16.3. The number of benzene rings is 1. The van der Waals surface area contributed by atoms with Gasteiger partial charge >= 0.3 is 0 Å². The minimum Gasteiger partial charge on any atom is -0.396 e. The summed E-state index contributed by atoms with van der Waals surface area (Å²) in [6.07, 6.45) is 2.41. The number of likely N-dealkylation sites (tertiary alicyclic amines) is 1. The van der Waals surface area contributed by atoms with Crippen molar-refractivity contribution in [3.63, 3.8) is 0 Å². The van der Waals surface area contributed by atoms with Crippen molar-refractivity contribution in [2.24, 2.45) is 11.8 Å². The fourth-order valence-corrected chi connectivity index (χ4v) is 3.28. The largest absolute Gasteiger partial charge is 0.396 e. The van der Waals surface area contributed by atoms with E-state index in [1.807, 2.05) is 23.1 Å². The zero-order valence-electron chi connectivity index (χ0n) is 14.4. The molecule has 1 aromatic carbocycles. The van der Waals surface area contributed by atoms with Gasteiger partial charge < -0.3 is 15.3 Å². The summed E-state index contributed by atoms with van der Waals surface area (Å²) >= 11 is 0. The molecule has 1 aliphatic heterocycles. The standard InChI is InChI=1S/C19H30N2O2/c1-15(2)10-19(23)21-13-17(8-9-22)11-18(14-21)20-12-16-6-4-3-5-7-16/h3-7,15,17-18,20,22H,8-14H2,1-2H3. The third-order valence-electron chi connectivity index (χ3n) is 4.45. The van der Waals surface area contributed by atoms with Gasteiger partial charge in [-0.2, -0.15) is 0 Å². The van der Waals surface area contributed by atoms with Gasteiger partial charge in [0.15, 0.2) is 0 Å². The Balaban J connectivity index is 1.93. The summed E-state index contributed by atoms with van der Waals surface area (Å²) in [5, 5.41) is 12.8. The molecule has 1 heterocycles. The van der Waals surface area contributed by atoms with Gasteiger partial charge in [-0.25, -0.2) is 0 Å². The lowest BCUT2D eigenvalue weighted by molar-refractivity contribution is -0.134. The summed E-state index contributed by atoms with van der Waals surface area (Å²) in [6.45, 7) is 6.75. The van der Waals surface area contributed by atoms with E-state index in [4.69, 9.17) is 0 Å². The number of amides is 1. The molecule has 128 valence electrons. The quantitative estimate of drug-likeness (QED) is 0.812. The average molecular weight is 318 g/mol. The van der Waals surface area contributed by atoms with Crippen LogP contribution in [0.25, 0.3) is 0 Å². The van der Waals surface area contributed by atoms with E-state index in [0.29, 0.717) is 24.3 Å². The van der Waals surface area contributed by atoms with Crippen molar-refractivity contribution in [2.45, 2.75) is 45.7 Å². The Morgan fingerprint density at radius 3 is 2.70 bits per heavy atom. The lowest BCUT2D eigenvalue weighted by Gasteiger charge is -2.38. The fourth-order valence-electron chi connectivity index (χ4n) is 3.28. The van der Waals surface area contributed by atoms with Crippen LogP contribution in [0, 0.1) is 11.8 Å². The third-order valence-corrected chi connectivity index (χ3v) is 4.45. The van der Waals surface area contributed by atoms with Crippen LogP contribution < -0.4 is 5.32 Å². The van der Waals surface area contributed by atoms with E-state index in [2.05, 4.69) is 31.3 Å². The van der Waals surface area contributed by atoms with Crippen molar-refractivity contribution in [3.8, 4) is 0 Å². The van der Waals surface area contributed by atoms with Gasteiger partial charge in [0.05, 0.1) is 0 Å². The molecule has 0 saturated carbocycles. The molecule has 4 heteroatoms. The van der Waals surface area contributed by atoms with Crippen molar-refractivity contribution in [2.75, 3.05) is 19.7 Å². The van der Waals surface area contributed by atoms with Crippen LogP contribution in [0.2, 0.25) is 0 Å². The van der Waals surface area contributed by atoms with E-state index < -0.39 is 0 Å². The summed E-state index contributed by atoms with van der Waals surface area (Å²) in [6, 6.07) is 10.6. The first-order valence-electron chi connectivity index (χ1n) is 8.74. The van der Waals surface area contributed by atoms with Crippen molar-refractivity contribution in [1.29, 1.82) is 0 Å². The second-order valence-corrected chi connectivity index (χ2v) is 7.07. The van der Waals surface area contributed by atoms with Crippen molar-refractivity contribution in [1.82, 2.24) is 10.2 Å². The maximum Gasteiger partial charge on any atom is 0.222 e. The highest BCUT2D eigenvalue weighted by Crippen LogP contribution is 2.21. The van der Waals surface area contributed by atoms with Gasteiger partial charge in [-0.1, -0.05) is 44.2 Å². The first-order chi connectivity index (χ1) is 11.1. The summed E-state index contributed by atoms with van der Waals surface area (Å²) < 4.78 is 0.